The molecule has 0 saturated carbocycles. The Morgan fingerprint density at radius 1 is 1.02 bits per heavy atom. The third kappa shape index (κ3) is 9.08. The summed E-state index contributed by atoms with van der Waals surface area (Å²) in [4.78, 5) is 96.3. The number of piperidine rings is 1. The van der Waals surface area contributed by atoms with Crippen LogP contribution in [-0.4, -0.2) is 76.7 Å². The van der Waals surface area contributed by atoms with Gasteiger partial charge in [0.25, 0.3) is 17.7 Å². The van der Waals surface area contributed by atoms with Crippen LogP contribution in [0, 0.1) is 0 Å². The van der Waals surface area contributed by atoms with Crippen LogP contribution >= 0.6 is 7.82 Å². The lowest BCUT2D eigenvalue weighted by molar-refractivity contribution is -0.156. The second-order valence-corrected chi connectivity index (χ2v) is 16.6. The largest absolute Gasteiger partial charge is 0.471 e. The van der Waals surface area contributed by atoms with Gasteiger partial charge in [-0.05, 0) is 73.0 Å². The highest BCUT2D eigenvalue weighted by atomic mass is 31.2. The van der Waals surface area contributed by atoms with Crippen molar-refractivity contribution in [2.45, 2.75) is 77.8 Å². The quantitative estimate of drug-likeness (QED) is 0.0604. The van der Waals surface area contributed by atoms with E-state index in [0.29, 0.717) is 56.7 Å². The molecule has 0 bridgehead atoms. The molecule has 1 unspecified atom stereocenters. The zero-order valence-electron chi connectivity index (χ0n) is 33.2. The van der Waals surface area contributed by atoms with Crippen molar-refractivity contribution in [3.63, 3.8) is 0 Å². The SMILES string of the molecule is CCCCC(=O)N(Oc1ccc2c(c1)ncn2-c1ccc(NC(=O)Nc2cc(C(C)(C)C)on2)cc1)c1ccc2c(c1)CN(C1CCC(=O)N(COP(=O)(O)O)C1=O)C2=O. The number of benzene rings is 3. The van der Waals surface area contributed by atoms with Crippen molar-refractivity contribution >= 4 is 65.7 Å². The maximum atomic E-state index is 13.6. The van der Waals surface area contributed by atoms with Crippen LogP contribution in [-0.2, 0) is 35.4 Å². The Hall–Kier alpha value is -6.40. The first kappa shape index (κ1) is 41.7. The van der Waals surface area contributed by atoms with Crippen molar-refractivity contribution in [3.8, 4) is 11.4 Å². The van der Waals surface area contributed by atoms with E-state index in [9.17, 15) is 28.5 Å². The number of hydrogen-bond donors (Lipinski definition) is 4. The molecule has 60 heavy (non-hydrogen) atoms. The van der Waals surface area contributed by atoms with Crippen LogP contribution in [0.5, 0.6) is 5.75 Å². The summed E-state index contributed by atoms with van der Waals surface area (Å²) in [6.45, 7) is 6.92. The normalized spacial score (nSPS) is 15.7. The lowest BCUT2D eigenvalue weighted by atomic mass is 9.93. The number of phosphoric ester groups is 1. The second kappa shape index (κ2) is 16.7. The van der Waals surface area contributed by atoms with Gasteiger partial charge < -0.3 is 29.4 Å². The van der Waals surface area contributed by atoms with E-state index < -0.39 is 44.3 Å². The minimum atomic E-state index is -4.98. The van der Waals surface area contributed by atoms with Gasteiger partial charge in [0.2, 0.25) is 5.91 Å². The number of nitrogens with one attached hydrogen (secondary N) is 2. The number of anilines is 3. The van der Waals surface area contributed by atoms with Crippen molar-refractivity contribution in [1.82, 2.24) is 24.5 Å². The summed E-state index contributed by atoms with van der Waals surface area (Å²) in [5, 5.41) is 10.5. The Kier molecular flexibility index (Phi) is 11.6. The second-order valence-electron chi connectivity index (χ2n) is 15.3. The van der Waals surface area contributed by atoms with Crippen LogP contribution in [0.1, 0.15) is 81.5 Å². The molecule has 1 saturated heterocycles. The van der Waals surface area contributed by atoms with Crippen LogP contribution in [0.25, 0.3) is 16.7 Å². The highest BCUT2D eigenvalue weighted by molar-refractivity contribution is 7.46. The maximum Gasteiger partial charge on any atom is 0.471 e. The maximum absolute atomic E-state index is 13.6. The van der Waals surface area contributed by atoms with Gasteiger partial charge in [0.05, 0.1) is 16.7 Å². The molecule has 0 aliphatic carbocycles. The predicted molar refractivity (Wildman–Crippen MR) is 216 cm³/mol. The third-order valence-corrected chi connectivity index (χ3v) is 10.4. The number of nitrogens with zero attached hydrogens (tertiary/aromatic N) is 6. The predicted octanol–water partition coefficient (Wildman–Crippen LogP) is 6.01. The number of likely N-dealkylation sites (tertiary alicyclic amines) is 1. The first-order valence-electron chi connectivity index (χ1n) is 19.1. The summed E-state index contributed by atoms with van der Waals surface area (Å²) < 4.78 is 22.8. The van der Waals surface area contributed by atoms with E-state index in [1.165, 1.54) is 9.96 Å². The Morgan fingerprint density at radius 3 is 2.48 bits per heavy atom. The number of aromatic nitrogens is 3. The molecule has 2 aliphatic heterocycles. The molecule has 4 N–H and O–H groups in total. The molecule has 20 heteroatoms. The molecule has 0 spiro atoms. The van der Waals surface area contributed by atoms with Gasteiger partial charge >= 0.3 is 13.9 Å². The molecule has 2 aromatic heterocycles. The van der Waals surface area contributed by atoms with Gasteiger partial charge in [-0.15, -0.1) is 5.06 Å². The minimum Gasteiger partial charge on any atom is -0.372 e. The highest BCUT2D eigenvalue weighted by Crippen LogP contribution is 2.37. The fourth-order valence-corrected chi connectivity index (χ4v) is 7.06. The number of carbonyl (C=O) groups is 5. The first-order valence-corrected chi connectivity index (χ1v) is 20.6. The summed E-state index contributed by atoms with van der Waals surface area (Å²) in [6, 6.07) is 17.2. The highest BCUT2D eigenvalue weighted by Gasteiger charge is 2.43. The molecular weight excluding hydrogens is 799 g/mol. The van der Waals surface area contributed by atoms with E-state index in [4.69, 9.17) is 19.1 Å². The van der Waals surface area contributed by atoms with Gasteiger partial charge in [-0.3, -0.25) is 38.5 Å². The van der Waals surface area contributed by atoms with E-state index in [1.54, 1.807) is 60.9 Å². The zero-order chi connectivity index (χ0) is 42.9. The number of fused-ring (bicyclic) bond motifs is 2. The monoisotopic (exact) mass is 842 g/mol. The molecule has 6 amide bonds. The van der Waals surface area contributed by atoms with Crippen LogP contribution < -0.4 is 20.5 Å². The number of hydrogen-bond acceptors (Lipinski definition) is 11. The lowest BCUT2D eigenvalue weighted by Gasteiger charge is -2.35. The van der Waals surface area contributed by atoms with Crippen LogP contribution in [0.4, 0.5) is 22.0 Å². The first-order chi connectivity index (χ1) is 28.5. The third-order valence-electron chi connectivity index (χ3n) is 9.95. The molecule has 5 aromatic rings. The van der Waals surface area contributed by atoms with E-state index in [0.717, 1.165) is 17.6 Å². The average molecular weight is 843 g/mol. The van der Waals surface area contributed by atoms with Gasteiger partial charge in [-0.2, -0.15) is 0 Å². The molecule has 1 fully saturated rings. The standard InChI is InChI=1S/C40H43N8O11P/c1-5-6-7-36(50)48(27-12-14-29-24(18-27)21-45(37(29)51)32-16-17-35(49)47(38(32)52)23-57-60(54,55)56)59-28-13-15-31-30(19-28)41-22-46(31)26-10-8-25(9-11-26)42-39(53)43-34-20-33(58-44-34)40(2,3)4/h8-15,18-20,22,32H,5-7,16-17,21,23H2,1-4H3,(H2,54,55,56)(H2,42,43,44,53). The molecular formula is C40H43N8O11P. The fourth-order valence-electron chi connectivity index (χ4n) is 6.80. The van der Waals surface area contributed by atoms with Gasteiger partial charge in [0.1, 0.15) is 24.9 Å². The average Bonchev–Trinajstić information content (AvgIpc) is 3.93. The molecule has 3 aromatic carbocycles. The summed E-state index contributed by atoms with van der Waals surface area (Å²) in [5.41, 5.74) is 3.52. The number of urea groups is 1. The fraction of sp³-hybridized carbons (Fsp3) is 0.325. The number of imidazole rings is 1. The summed E-state index contributed by atoms with van der Waals surface area (Å²) in [6.07, 6.45) is 3.06. The number of rotatable bonds is 13. The number of imide groups is 1. The summed E-state index contributed by atoms with van der Waals surface area (Å²) >= 11 is 0. The Morgan fingerprint density at radius 2 is 1.78 bits per heavy atom. The number of hydroxylamine groups is 1. The number of carbonyl (C=O) groups excluding carboxylic acids is 5. The van der Waals surface area contributed by atoms with Gasteiger partial charge in [0, 0.05) is 53.9 Å². The summed E-state index contributed by atoms with van der Waals surface area (Å²) in [5.74, 6) is -1.04. The van der Waals surface area contributed by atoms with E-state index in [1.807, 2.05) is 44.4 Å². The van der Waals surface area contributed by atoms with Crippen LogP contribution in [0.3, 0.4) is 0 Å². The summed E-state index contributed by atoms with van der Waals surface area (Å²) in [7, 11) is -4.98. The van der Waals surface area contributed by atoms with Gasteiger partial charge in [-0.25, -0.2) is 14.3 Å². The van der Waals surface area contributed by atoms with Crippen LogP contribution in [0.15, 0.2) is 77.6 Å². The van der Waals surface area contributed by atoms with Crippen molar-refractivity contribution in [1.29, 1.82) is 0 Å². The van der Waals surface area contributed by atoms with E-state index in [2.05, 4.69) is 25.3 Å². The Balaban J connectivity index is 1.05. The molecule has 2 aliphatic rings. The molecule has 19 nitrogen and oxygen atoms in total. The molecule has 314 valence electrons. The van der Waals surface area contributed by atoms with Gasteiger partial charge in [-0.1, -0.05) is 39.3 Å². The lowest BCUT2D eigenvalue weighted by Crippen LogP contribution is -2.55. The number of unbranched alkanes of at least 4 members (excludes halogenated alkanes) is 1. The topological polar surface area (TPSA) is 239 Å². The van der Waals surface area contributed by atoms with Crippen molar-refractivity contribution in [3.05, 3.63) is 89.9 Å². The molecule has 4 heterocycles. The van der Waals surface area contributed by atoms with E-state index in [-0.39, 0.29) is 37.1 Å². The molecule has 0 radical (unpaired) electrons. The van der Waals surface area contributed by atoms with Crippen molar-refractivity contribution < 1.29 is 52.2 Å². The van der Waals surface area contributed by atoms with E-state index >= 15 is 0 Å². The van der Waals surface area contributed by atoms with Crippen LogP contribution in [0.2, 0.25) is 0 Å². The van der Waals surface area contributed by atoms with Crippen molar-refractivity contribution in [2.75, 3.05) is 22.4 Å². The Bertz CT molecular complexity index is 2520. The van der Waals surface area contributed by atoms with Gasteiger partial charge in [0.15, 0.2) is 11.6 Å². The Labute approximate surface area is 343 Å². The number of amides is 6. The van der Waals surface area contributed by atoms with Crippen molar-refractivity contribution in [2.24, 2.45) is 0 Å². The smallest absolute Gasteiger partial charge is 0.372 e. The number of phosphoric acid groups is 1. The molecule has 1 atom stereocenters. The molecule has 7 rings (SSSR count). The zero-order valence-corrected chi connectivity index (χ0v) is 34.0. The minimum absolute atomic E-state index is 0.0189.